The van der Waals surface area contributed by atoms with Crippen molar-refractivity contribution in [1.29, 1.82) is 0 Å². The summed E-state index contributed by atoms with van der Waals surface area (Å²) < 4.78 is 36.0. The van der Waals surface area contributed by atoms with E-state index in [2.05, 4.69) is 10.3 Å². The summed E-state index contributed by atoms with van der Waals surface area (Å²) in [4.78, 5) is 45.3. The van der Waals surface area contributed by atoms with Gasteiger partial charge in [-0.1, -0.05) is 60.7 Å². The maximum atomic E-state index is 13.7. The molecule has 2 aromatic carbocycles. The average Bonchev–Trinajstić information content (AvgIpc) is 3.62. The highest BCUT2D eigenvalue weighted by Gasteiger charge is 2.44. The van der Waals surface area contributed by atoms with Crippen LogP contribution in [0, 0.1) is 5.92 Å². The van der Waals surface area contributed by atoms with E-state index in [1.807, 2.05) is 60.7 Å². The number of aromatic nitrogens is 1. The summed E-state index contributed by atoms with van der Waals surface area (Å²) in [7, 11) is -3.64. The third-order valence-corrected chi connectivity index (χ3v) is 9.63. The third kappa shape index (κ3) is 11.3. The van der Waals surface area contributed by atoms with E-state index in [-0.39, 0.29) is 30.8 Å². The lowest BCUT2D eigenvalue weighted by molar-refractivity contribution is -0.124. The lowest BCUT2D eigenvalue weighted by atomic mass is 9.86. The summed E-state index contributed by atoms with van der Waals surface area (Å²) >= 11 is 1.40. The van der Waals surface area contributed by atoms with Gasteiger partial charge in [0.25, 0.3) is 0 Å². The normalized spacial score (nSPS) is 17.3. The van der Waals surface area contributed by atoms with Gasteiger partial charge in [-0.2, -0.15) is 0 Å². The van der Waals surface area contributed by atoms with E-state index >= 15 is 0 Å². The third-order valence-electron chi connectivity index (χ3n) is 7.38. The molecule has 0 saturated carbocycles. The molecule has 0 unspecified atom stereocenters. The molecule has 242 valence electrons. The minimum absolute atomic E-state index is 0.0717. The monoisotopic (exact) mass is 655 g/mol. The van der Waals surface area contributed by atoms with Crippen molar-refractivity contribution in [2.75, 3.05) is 11.6 Å². The predicted octanol–water partition coefficient (Wildman–Crippen LogP) is 5.57. The fraction of sp³-hybridized carbons (Fsp3) is 0.455. The Morgan fingerprint density at radius 3 is 2.24 bits per heavy atom. The first-order valence-electron chi connectivity index (χ1n) is 15.0. The Morgan fingerprint density at radius 1 is 1.00 bits per heavy atom. The Hall–Kier alpha value is -3.77. The van der Waals surface area contributed by atoms with Gasteiger partial charge in [0.2, 0.25) is 0 Å². The highest BCUT2D eigenvalue weighted by atomic mass is 32.2. The number of benzene rings is 2. The van der Waals surface area contributed by atoms with Crippen LogP contribution in [0.2, 0.25) is 0 Å². The highest BCUT2D eigenvalue weighted by Crippen LogP contribution is 2.26. The summed E-state index contributed by atoms with van der Waals surface area (Å²) in [6.07, 6.45) is 2.64. The number of rotatable bonds is 13. The number of Topliss-reactive ketones (excluding diaryl/α,β-unsaturated/α-hetero) is 1. The molecule has 1 fully saturated rings. The van der Waals surface area contributed by atoms with Crippen LogP contribution in [-0.2, 0) is 43.6 Å². The van der Waals surface area contributed by atoms with Crippen LogP contribution >= 0.6 is 11.3 Å². The smallest absolute Gasteiger partial charge is 0.411 e. The SMILES string of the molecule is CC(C)(C)OC(=O)N1CS(=O)(=O)C[C@H]1C(=O)C[C@H](CC[C@H](Cc1ccccc1)NC(=O)OCc1cncs1)Cc1ccccc1. The lowest BCUT2D eigenvalue weighted by Gasteiger charge is -2.28. The maximum absolute atomic E-state index is 13.7. The second-order valence-corrected chi connectivity index (χ2v) is 15.4. The number of ketones is 1. The van der Waals surface area contributed by atoms with Crippen LogP contribution < -0.4 is 5.32 Å². The predicted molar refractivity (Wildman–Crippen MR) is 172 cm³/mol. The average molecular weight is 656 g/mol. The molecular formula is C33H41N3O7S2. The molecule has 4 rings (SSSR count). The van der Waals surface area contributed by atoms with Crippen molar-refractivity contribution >= 4 is 39.1 Å². The van der Waals surface area contributed by atoms with Gasteiger partial charge in [0, 0.05) is 18.7 Å². The molecule has 1 aliphatic heterocycles. The van der Waals surface area contributed by atoms with Crippen LogP contribution in [0.15, 0.2) is 72.4 Å². The van der Waals surface area contributed by atoms with Crippen molar-refractivity contribution < 1.29 is 32.3 Å². The minimum Gasteiger partial charge on any atom is -0.444 e. The largest absolute Gasteiger partial charge is 0.444 e. The van der Waals surface area contributed by atoms with E-state index in [9.17, 15) is 22.8 Å². The summed E-state index contributed by atoms with van der Waals surface area (Å²) in [5.41, 5.74) is 2.92. The molecule has 2 heterocycles. The van der Waals surface area contributed by atoms with Crippen molar-refractivity contribution in [3.8, 4) is 0 Å². The Morgan fingerprint density at radius 2 is 1.64 bits per heavy atom. The van der Waals surface area contributed by atoms with Crippen LogP contribution in [0.1, 0.15) is 56.0 Å². The molecule has 2 amide bonds. The quantitative estimate of drug-likeness (QED) is 0.253. The van der Waals surface area contributed by atoms with E-state index in [0.29, 0.717) is 25.7 Å². The number of ether oxygens (including phenoxy) is 2. The molecule has 1 N–H and O–H groups in total. The summed E-state index contributed by atoms with van der Waals surface area (Å²) in [5, 5.41) is 3.00. The fourth-order valence-electron chi connectivity index (χ4n) is 5.32. The number of sulfone groups is 1. The standard InChI is InChI=1S/C33H41N3O7S2/c1-33(2,3)43-32(39)36-23-45(40,41)21-29(36)30(37)18-26(16-24-10-6-4-7-11-24)14-15-27(17-25-12-8-5-9-13-25)35-31(38)42-20-28-19-34-22-44-28/h4-13,19,22,26-27,29H,14-18,20-21,23H2,1-3H3,(H,35,38)/t26-,27-,29+/m1/s1. The number of carbonyl (C=O) groups is 3. The molecule has 1 aromatic heterocycles. The van der Waals surface area contributed by atoms with Gasteiger partial charge in [-0.3, -0.25) is 14.7 Å². The van der Waals surface area contributed by atoms with Gasteiger partial charge in [-0.25, -0.2) is 18.0 Å². The van der Waals surface area contributed by atoms with Gasteiger partial charge in [-0.15, -0.1) is 11.3 Å². The van der Waals surface area contributed by atoms with Crippen molar-refractivity contribution in [2.24, 2.45) is 5.92 Å². The van der Waals surface area contributed by atoms with E-state index in [1.165, 1.54) is 11.3 Å². The van der Waals surface area contributed by atoms with Gasteiger partial charge in [0.15, 0.2) is 15.6 Å². The Kier molecular flexibility index (Phi) is 11.7. The second kappa shape index (κ2) is 15.5. The van der Waals surface area contributed by atoms with Crippen LogP contribution in [0.5, 0.6) is 0 Å². The Balaban J connectivity index is 1.48. The molecule has 1 saturated heterocycles. The van der Waals surface area contributed by atoms with Crippen LogP contribution in [0.3, 0.4) is 0 Å². The molecule has 1 aliphatic rings. The first kappa shape index (κ1) is 34.1. The fourth-order valence-corrected chi connectivity index (χ4v) is 7.48. The van der Waals surface area contributed by atoms with Gasteiger partial charge in [0.05, 0.1) is 16.1 Å². The number of carbonyl (C=O) groups excluding carboxylic acids is 3. The van der Waals surface area contributed by atoms with Gasteiger partial charge >= 0.3 is 12.2 Å². The molecule has 0 spiro atoms. The molecule has 0 radical (unpaired) electrons. The Bertz CT molecular complexity index is 1510. The number of alkyl carbamates (subject to hydrolysis) is 1. The van der Waals surface area contributed by atoms with Gasteiger partial charge in [0.1, 0.15) is 24.1 Å². The maximum Gasteiger partial charge on any atom is 0.411 e. The Labute approximate surface area is 269 Å². The minimum atomic E-state index is -3.64. The van der Waals surface area contributed by atoms with Crippen LogP contribution in [-0.4, -0.2) is 65.6 Å². The number of amides is 2. The van der Waals surface area contributed by atoms with E-state index in [1.54, 1.807) is 32.5 Å². The van der Waals surface area contributed by atoms with Crippen molar-refractivity contribution in [1.82, 2.24) is 15.2 Å². The van der Waals surface area contributed by atoms with Gasteiger partial charge < -0.3 is 14.8 Å². The van der Waals surface area contributed by atoms with E-state index < -0.39 is 45.3 Å². The number of nitrogens with zero attached hydrogens (tertiary/aromatic N) is 2. The van der Waals surface area contributed by atoms with E-state index in [4.69, 9.17) is 9.47 Å². The first-order chi connectivity index (χ1) is 21.4. The zero-order valence-corrected chi connectivity index (χ0v) is 27.5. The number of hydrogen-bond donors (Lipinski definition) is 1. The van der Waals surface area contributed by atoms with E-state index in [0.717, 1.165) is 20.9 Å². The zero-order valence-electron chi connectivity index (χ0n) is 25.9. The second-order valence-electron chi connectivity index (χ2n) is 12.4. The number of thiazole rings is 1. The van der Waals surface area contributed by atoms with Crippen LogP contribution in [0.25, 0.3) is 0 Å². The molecule has 0 aliphatic carbocycles. The lowest BCUT2D eigenvalue weighted by Crippen LogP contribution is -2.45. The molecule has 45 heavy (non-hydrogen) atoms. The molecular weight excluding hydrogens is 615 g/mol. The summed E-state index contributed by atoms with van der Waals surface area (Å²) in [5.74, 6) is -1.46. The van der Waals surface area contributed by atoms with Crippen molar-refractivity contribution in [2.45, 2.75) is 77.2 Å². The number of hydrogen-bond acceptors (Lipinski definition) is 9. The summed E-state index contributed by atoms with van der Waals surface area (Å²) in [6, 6.07) is 18.2. The number of nitrogens with one attached hydrogen (secondary N) is 1. The van der Waals surface area contributed by atoms with Gasteiger partial charge in [-0.05, 0) is 63.5 Å². The zero-order chi connectivity index (χ0) is 32.5. The molecule has 3 atom stereocenters. The molecule has 12 heteroatoms. The first-order valence-corrected chi connectivity index (χ1v) is 17.7. The highest BCUT2D eigenvalue weighted by molar-refractivity contribution is 7.91. The molecule has 0 bridgehead atoms. The molecule has 10 nitrogen and oxygen atoms in total. The van der Waals surface area contributed by atoms with Crippen LogP contribution in [0.4, 0.5) is 9.59 Å². The van der Waals surface area contributed by atoms with Crippen molar-refractivity contribution in [3.05, 3.63) is 88.4 Å². The summed E-state index contributed by atoms with van der Waals surface area (Å²) in [6.45, 7) is 5.20. The van der Waals surface area contributed by atoms with Crippen molar-refractivity contribution in [3.63, 3.8) is 0 Å². The topological polar surface area (TPSA) is 132 Å². The molecule has 3 aromatic rings.